The first kappa shape index (κ1) is 18.5. The van der Waals surface area contributed by atoms with Crippen molar-refractivity contribution in [2.75, 3.05) is 5.32 Å². The molecule has 1 aromatic heterocycles. The van der Waals surface area contributed by atoms with Crippen molar-refractivity contribution in [3.63, 3.8) is 0 Å². The zero-order valence-corrected chi connectivity index (χ0v) is 17.5. The summed E-state index contributed by atoms with van der Waals surface area (Å²) < 4.78 is 0. The van der Waals surface area contributed by atoms with Gasteiger partial charge < -0.3 is 10.3 Å². The van der Waals surface area contributed by atoms with E-state index in [-0.39, 0.29) is 0 Å². The highest BCUT2D eigenvalue weighted by molar-refractivity contribution is 6.08. The molecule has 0 aliphatic carbocycles. The third kappa shape index (κ3) is 3.32. The lowest BCUT2D eigenvalue weighted by molar-refractivity contribution is 1.53. The molecule has 2 nitrogen and oxygen atoms in total. The van der Waals surface area contributed by atoms with Crippen molar-refractivity contribution in [2.24, 2.45) is 0 Å². The molecular weight excluding hydrogens is 388 g/mol. The van der Waals surface area contributed by atoms with Crippen LogP contribution in [0.5, 0.6) is 0 Å². The maximum Gasteiger partial charge on any atom is 0.0465 e. The highest BCUT2D eigenvalue weighted by Crippen LogP contribution is 2.33. The Morgan fingerprint density at radius 2 is 1.12 bits per heavy atom. The van der Waals surface area contributed by atoms with E-state index in [0.717, 1.165) is 11.4 Å². The normalized spacial score (nSPS) is 11.1. The Morgan fingerprint density at radius 3 is 2.00 bits per heavy atom. The zero-order chi connectivity index (χ0) is 21.3. The Morgan fingerprint density at radius 1 is 0.469 bits per heavy atom. The zero-order valence-electron chi connectivity index (χ0n) is 17.5. The minimum atomic E-state index is 1.09. The molecule has 0 unspecified atom stereocenters. The first-order valence-corrected chi connectivity index (χ1v) is 10.9. The van der Waals surface area contributed by atoms with Crippen molar-refractivity contribution in [1.29, 1.82) is 0 Å². The molecule has 0 amide bonds. The Kier molecular flexibility index (Phi) is 4.47. The van der Waals surface area contributed by atoms with Gasteiger partial charge in [0.05, 0.1) is 0 Å². The van der Waals surface area contributed by atoms with Crippen LogP contribution in [0.3, 0.4) is 0 Å². The van der Waals surface area contributed by atoms with Gasteiger partial charge in [-0.2, -0.15) is 0 Å². The van der Waals surface area contributed by atoms with Crippen LogP contribution in [0.25, 0.3) is 44.1 Å². The topological polar surface area (TPSA) is 27.8 Å². The van der Waals surface area contributed by atoms with Crippen LogP contribution in [0.4, 0.5) is 11.4 Å². The molecule has 2 heteroatoms. The van der Waals surface area contributed by atoms with E-state index in [4.69, 9.17) is 0 Å². The van der Waals surface area contributed by atoms with E-state index in [1.54, 1.807) is 0 Å². The quantitative estimate of drug-likeness (QED) is 0.300. The van der Waals surface area contributed by atoms with Gasteiger partial charge in [0.25, 0.3) is 0 Å². The molecule has 0 bridgehead atoms. The Balaban J connectivity index is 1.35. The van der Waals surface area contributed by atoms with Crippen LogP contribution < -0.4 is 5.32 Å². The summed E-state index contributed by atoms with van der Waals surface area (Å²) >= 11 is 0. The molecule has 0 radical (unpaired) electrons. The SMILES string of the molecule is c1ccc(Nc2ccccc2-c2ccc(-c3ccc4[nH]c5ccccc5c4c3)cc2)cc1. The number of H-pyrrole nitrogens is 1. The molecule has 6 rings (SSSR count). The average molecular weight is 411 g/mol. The van der Waals surface area contributed by atoms with E-state index >= 15 is 0 Å². The van der Waals surface area contributed by atoms with Crippen molar-refractivity contribution in [3.8, 4) is 22.3 Å². The van der Waals surface area contributed by atoms with Crippen molar-refractivity contribution in [3.05, 3.63) is 121 Å². The first-order chi connectivity index (χ1) is 15.8. The number of nitrogens with one attached hydrogen (secondary N) is 2. The average Bonchev–Trinajstić information content (AvgIpc) is 3.23. The van der Waals surface area contributed by atoms with Crippen molar-refractivity contribution in [2.45, 2.75) is 0 Å². The van der Waals surface area contributed by atoms with Gasteiger partial charge in [-0.1, -0.05) is 84.9 Å². The predicted octanol–water partition coefficient (Wildman–Crippen LogP) is 8.40. The fourth-order valence-corrected chi connectivity index (χ4v) is 4.39. The van der Waals surface area contributed by atoms with E-state index < -0.39 is 0 Å². The number of aromatic amines is 1. The molecule has 32 heavy (non-hydrogen) atoms. The van der Waals surface area contributed by atoms with E-state index in [1.165, 1.54) is 44.1 Å². The molecular formula is C30H22N2. The summed E-state index contributed by atoms with van der Waals surface area (Å²) in [6.45, 7) is 0. The maximum atomic E-state index is 3.55. The van der Waals surface area contributed by atoms with Crippen LogP contribution in [0.15, 0.2) is 121 Å². The summed E-state index contributed by atoms with van der Waals surface area (Å²) in [6.07, 6.45) is 0. The summed E-state index contributed by atoms with van der Waals surface area (Å²) in [5, 5.41) is 6.08. The van der Waals surface area contributed by atoms with E-state index in [0.29, 0.717) is 0 Å². The number of aromatic nitrogens is 1. The van der Waals surface area contributed by atoms with E-state index in [1.807, 2.05) is 18.2 Å². The van der Waals surface area contributed by atoms with Gasteiger partial charge >= 0.3 is 0 Å². The predicted molar refractivity (Wildman–Crippen MR) is 136 cm³/mol. The van der Waals surface area contributed by atoms with Gasteiger partial charge in [-0.15, -0.1) is 0 Å². The van der Waals surface area contributed by atoms with Crippen LogP contribution in [-0.4, -0.2) is 4.98 Å². The molecule has 0 saturated carbocycles. The van der Waals surface area contributed by atoms with Gasteiger partial charge in [0.2, 0.25) is 0 Å². The summed E-state index contributed by atoms with van der Waals surface area (Å²) in [4.78, 5) is 3.51. The van der Waals surface area contributed by atoms with Gasteiger partial charge in [0.1, 0.15) is 0 Å². The second kappa shape index (κ2) is 7.75. The van der Waals surface area contributed by atoms with Crippen LogP contribution in [0.1, 0.15) is 0 Å². The Bertz CT molecular complexity index is 1530. The Hall–Kier alpha value is -4.30. The second-order valence-corrected chi connectivity index (χ2v) is 8.04. The summed E-state index contributed by atoms with van der Waals surface area (Å²) in [5.74, 6) is 0. The molecule has 0 saturated heterocycles. The molecule has 1 heterocycles. The van der Waals surface area contributed by atoms with E-state index in [9.17, 15) is 0 Å². The fourth-order valence-electron chi connectivity index (χ4n) is 4.39. The largest absolute Gasteiger partial charge is 0.355 e. The van der Waals surface area contributed by atoms with Crippen LogP contribution in [0.2, 0.25) is 0 Å². The molecule has 0 aliphatic heterocycles. The van der Waals surface area contributed by atoms with Crippen LogP contribution in [-0.2, 0) is 0 Å². The van der Waals surface area contributed by atoms with Gasteiger partial charge in [-0.3, -0.25) is 0 Å². The third-order valence-electron chi connectivity index (χ3n) is 6.02. The molecule has 6 aromatic rings. The summed E-state index contributed by atoms with van der Waals surface area (Å²) in [7, 11) is 0. The van der Waals surface area contributed by atoms with E-state index in [2.05, 4.69) is 113 Å². The molecule has 0 aliphatic rings. The summed E-state index contributed by atoms with van der Waals surface area (Å²) in [6, 6.07) is 42.7. The number of hydrogen-bond donors (Lipinski definition) is 2. The van der Waals surface area contributed by atoms with Gasteiger partial charge in [0, 0.05) is 38.7 Å². The van der Waals surface area contributed by atoms with Crippen LogP contribution in [0, 0.1) is 0 Å². The molecule has 5 aromatic carbocycles. The lowest BCUT2D eigenvalue weighted by Gasteiger charge is -2.13. The van der Waals surface area contributed by atoms with Crippen LogP contribution >= 0.6 is 0 Å². The van der Waals surface area contributed by atoms with Crippen molar-refractivity contribution < 1.29 is 0 Å². The molecule has 0 fully saturated rings. The van der Waals surface area contributed by atoms with Gasteiger partial charge in [-0.05, 0) is 53.1 Å². The smallest absolute Gasteiger partial charge is 0.0465 e. The molecule has 152 valence electrons. The number of rotatable bonds is 4. The molecule has 0 spiro atoms. The van der Waals surface area contributed by atoms with Gasteiger partial charge in [0.15, 0.2) is 0 Å². The van der Waals surface area contributed by atoms with Gasteiger partial charge in [-0.25, -0.2) is 0 Å². The monoisotopic (exact) mass is 410 g/mol. The highest BCUT2D eigenvalue weighted by atomic mass is 14.9. The lowest BCUT2D eigenvalue weighted by atomic mass is 9.98. The fraction of sp³-hybridized carbons (Fsp3) is 0. The number of benzene rings is 5. The lowest BCUT2D eigenvalue weighted by Crippen LogP contribution is -1.92. The molecule has 2 N–H and O–H groups in total. The van der Waals surface area contributed by atoms with Crippen molar-refractivity contribution >= 4 is 33.2 Å². The number of hydrogen-bond acceptors (Lipinski definition) is 1. The number of anilines is 2. The standard InChI is InChI=1S/C30H22N2/c1-2-8-24(9-3-1)31-28-12-6-4-10-25(28)22-16-14-21(15-17-22)23-18-19-30-27(20-23)26-11-5-7-13-29(26)32-30/h1-20,31-32H. The highest BCUT2D eigenvalue weighted by Gasteiger charge is 2.08. The Labute approximate surface area is 187 Å². The molecule has 0 atom stereocenters. The summed E-state index contributed by atoms with van der Waals surface area (Å²) in [5.41, 5.74) is 9.37. The third-order valence-corrected chi connectivity index (χ3v) is 6.02. The number of para-hydroxylation sites is 3. The maximum absolute atomic E-state index is 3.55. The second-order valence-electron chi connectivity index (χ2n) is 8.04. The van der Waals surface area contributed by atoms with Crippen molar-refractivity contribution in [1.82, 2.24) is 4.98 Å². The minimum Gasteiger partial charge on any atom is -0.355 e. The number of fused-ring (bicyclic) bond motifs is 3. The minimum absolute atomic E-state index is 1.09. The first-order valence-electron chi connectivity index (χ1n) is 10.9.